The normalized spacial score (nSPS) is 15.1. The lowest BCUT2D eigenvalue weighted by Crippen LogP contribution is -2.31. The molecule has 1 aliphatic rings. The zero-order valence-electron chi connectivity index (χ0n) is 18.7. The highest BCUT2D eigenvalue weighted by atomic mass is 79.9. The Morgan fingerprint density at radius 3 is 2.38 bits per heavy atom. The Morgan fingerprint density at radius 1 is 1.06 bits per heavy atom. The molecule has 0 bridgehead atoms. The van der Waals surface area contributed by atoms with Crippen molar-refractivity contribution in [2.75, 3.05) is 25.6 Å². The van der Waals surface area contributed by atoms with Crippen LogP contribution in [0.25, 0.3) is 0 Å². The minimum atomic E-state index is -0.284. The number of carbonyl (C=O) groups is 2. The van der Waals surface area contributed by atoms with E-state index in [1.807, 2.05) is 67.5 Å². The van der Waals surface area contributed by atoms with Gasteiger partial charge in [-0.3, -0.25) is 9.59 Å². The average molecular weight is 585 g/mol. The molecule has 0 saturated carbocycles. The molecule has 0 aromatic heterocycles. The van der Waals surface area contributed by atoms with Crippen LogP contribution in [-0.4, -0.2) is 43.6 Å². The lowest BCUT2D eigenvalue weighted by molar-refractivity contribution is -0.135. The number of hydrogen-bond acceptors (Lipinski definition) is 5. The fraction of sp³-hybridized carbons (Fsp3) is 0.192. The van der Waals surface area contributed by atoms with Crippen LogP contribution >= 0.6 is 31.9 Å². The maximum absolute atomic E-state index is 13.3. The van der Waals surface area contributed by atoms with Crippen molar-refractivity contribution in [2.24, 2.45) is 5.10 Å². The van der Waals surface area contributed by atoms with E-state index in [0.29, 0.717) is 24.0 Å². The number of aldehydes is 1. The molecule has 0 fully saturated rings. The molecular formula is C26H23Br2N3O3. The smallest absolute Gasteiger partial charge is 0.281 e. The third-order valence-electron chi connectivity index (χ3n) is 5.59. The van der Waals surface area contributed by atoms with Crippen LogP contribution in [0.1, 0.15) is 33.9 Å². The van der Waals surface area contributed by atoms with E-state index in [9.17, 15) is 9.59 Å². The standard InChI is InChI=1S/C26H23Br2N3O3/c1-30(2)22-10-5-18(6-11-22)24-14-23(17-3-7-20(27)8-4-17)29-31(24)26(33)16-34-25-12-9-21(28)13-19(25)15-32/h3-13,15,24H,14,16H2,1-2H3. The molecule has 4 rings (SSSR count). The topological polar surface area (TPSA) is 62.2 Å². The van der Waals surface area contributed by atoms with E-state index < -0.39 is 0 Å². The summed E-state index contributed by atoms with van der Waals surface area (Å²) < 4.78 is 7.46. The summed E-state index contributed by atoms with van der Waals surface area (Å²) >= 11 is 6.80. The van der Waals surface area contributed by atoms with Crippen LogP contribution in [0.15, 0.2) is 80.8 Å². The van der Waals surface area contributed by atoms with Gasteiger partial charge in [-0.25, -0.2) is 5.01 Å². The first-order valence-electron chi connectivity index (χ1n) is 10.7. The number of hydrogen-bond donors (Lipinski definition) is 0. The van der Waals surface area contributed by atoms with Crippen molar-refractivity contribution in [2.45, 2.75) is 12.5 Å². The van der Waals surface area contributed by atoms with Gasteiger partial charge < -0.3 is 9.64 Å². The van der Waals surface area contributed by atoms with Gasteiger partial charge in [0.05, 0.1) is 17.3 Å². The van der Waals surface area contributed by atoms with Crippen LogP contribution in [0, 0.1) is 0 Å². The summed E-state index contributed by atoms with van der Waals surface area (Å²) in [5.41, 5.74) is 4.24. The maximum atomic E-state index is 13.3. The Morgan fingerprint density at radius 2 is 1.74 bits per heavy atom. The monoisotopic (exact) mass is 583 g/mol. The van der Waals surface area contributed by atoms with E-state index in [4.69, 9.17) is 4.74 Å². The molecule has 6 nitrogen and oxygen atoms in total. The number of hydrazone groups is 1. The molecule has 0 aliphatic carbocycles. The van der Waals surface area contributed by atoms with Crippen molar-refractivity contribution in [3.05, 3.63) is 92.4 Å². The fourth-order valence-corrected chi connectivity index (χ4v) is 4.40. The predicted octanol–water partition coefficient (Wildman–Crippen LogP) is 5.85. The van der Waals surface area contributed by atoms with Crippen LogP contribution in [0.2, 0.25) is 0 Å². The largest absolute Gasteiger partial charge is 0.483 e. The first-order chi connectivity index (χ1) is 16.4. The molecule has 1 unspecified atom stereocenters. The van der Waals surface area contributed by atoms with Gasteiger partial charge in [0.15, 0.2) is 12.9 Å². The number of halogens is 2. The number of carbonyl (C=O) groups excluding carboxylic acids is 2. The number of nitrogens with zero attached hydrogens (tertiary/aromatic N) is 3. The minimum Gasteiger partial charge on any atom is -0.483 e. The Hall–Kier alpha value is -2.97. The van der Waals surface area contributed by atoms with E-state index in [1.165, 1.54) is 5.01 Å². The van der Waals surface area contributed by atoms with Crippen molar-refractivity contribution in [1.29, 1.82) is 0 Å². The second kappa shape index (κ2) is 10.5. The molecule has 3 aromatic rings. The first kappa shape index (κ1) is 24.2. The second-order valence-corrected chi connectivity index (χ2v) is 9.92. The van der Waals surface area contributed by atoms with E-state index in [2.05, 4.69) is 37.0 Å². The molecule has 0 N–H and O–H groups in total. The Kier molecular flexibility index (Phi) is 7.48. The van der Waals surface area contributed by atoms with Gasteiger partial charge in [0.2, 0.25) is 0 Å². The van der Waals surface area contributed by atoms with Crippen LogP contribution in [0.4, 0.5) is 5.69 Å². The molecule has 0 radical (unpaired) electrons. The number of benzene rings is 3. The Balaban J connectivity index is 1.60. The minimum absolute atomic E-state index is 0.230. The molecular weight excluding hydrogens is 562 g/mol. The molecule has 3 aromatic carbocycles. The van der Waals surface area contributed by atoms with Crippen molar-refractivity contribution < 1.29 is 14.3 Å². The predicted molar refractivity (Wildman–Crippen MR) is 141 cm³/mol. The average Bonchev–Trinajstić information content (AvgIpc) is 3.29. The molecule has 1 heterocycles. The summed E-state index contributed by atoms with van der Waals surface area (Å²) in [4.78, 5) is 26.7. The van der Waals surface area contributed by atoms with Crippen molar-refractivity contribution in [3.63, 3.8) is 0 Å². The molecule has 0 saturated heterocycles. The van der Waals surface area contributed by atoms with E-state index in [1.54, 1.807) is 18.2 Å². The summed E-state index contributed by atoms with van der Waals surface area (Å²) in [6.07, 6.45) is 1.30. The number of amides is 1. The van der Waals surface area contributed by atoms with E-state index in [0.717, 1.165) is 31.5 Å². The first-order valence-corrected chi connectivity index (χ1v) is 12.2. The van der Waals surface area contributed by atoms with E-state index in [-0.39, 0.29) is 18.6 Å². The second-order valence-electron chi connectivity index (χ2n) is 8.09. The summed E-state index contributed by atoms with van der Waals surface area (Å²) in [5.74, 6) is 0.0725. The summed E-state index contributed by atoms with van der Waals surface area (Å²) in [7, 11) is 3.98. The van der Waals surface area contributed by atoms with Gasteiger partial charge in [-0.15, -0.1) is 0 Å². The van der Waals surface area contributed by atoms with E-state index >= 15 is 0 Å². The van der Waals surface area contributed by atoms with Gasteiger partial charge in [0.1, 0.15) is 5.75 Å². The van der Waals surface area contributed by atoms with Crippen LogP contribution in [0.3, 0.4) is 0 Å². The molecule has 174 valence electrons. The SMILES string of the molecule is CN(C)c1ccc(C2CC(c3ccc(Br)cc3)=NN2C(=O)COc2ccc(Br)cc2C=O)cc1. The van der Waals surface area contributed by atoms with Gasteiger partial charge >= 0.3 is 0 Å². The molecule has 1 atom stereocenters. The zero-order chi connectivity index (χ0) is 24.2. The lowest BCUT2D eigenvalue weighted by Gasteiger charge is -2.23. The fourth-order valence-electron chi connectivity index (χ4n) is 3.76. The molecule has 1 amide bonds. The molecule has 1 aliphatic heterocycles. The molecule has 0 spiro atoms. The zero-order valence-corrected chi connectivity index (χ0v) is 21.9. The van der Waals surface area contributed by atoms with Gasteiger partial charge in [-0.1, -0.05) is 56.1 Å². The van der Waals surface area contributed by atoms with Gasteiger partial charge in [-0.2, -0.15) is 5.10 Å². The lowest BCUT2D eigenvalue weighted by atomic mass is 9.98. The highest BCUT2D eigenvalue weighted by Gasteiger charge is 2.33. The quantitative estimate of drug-likeness (QED) is 0.327. The maximum Gasteiger partial charge on any atom is 0.281 e. The Bertz CT molecular complexity index is 1230. The van der Waals surface area contributed by atoms with Gasteiger partial charge in [0.25, 0.3) is 5.91 Å². The summed E-state index contributed by atoms with van der Waals surface area (Å²) in [5, 5.41) is 6.19. The van der Waals surface area contributed by atoms with Crippen molar-refractivity contribution >= 4 is 55.5 Å². The molecule has 34 heavy (non-hydrogen) atoms. The van der Waals surface area contributed by atoms with Crippen LogP contribution < -0.4 is 9.64 Å². The van der Waals surface area contributed by atoms with Crippen LogP contribution in [-0.2, 0) is 4.79 Å². The Labute approximate surface area is 215 Å². The number of ether oxygens (including phenoxy) is 1. The summed E-state index contributed by atoms with van der Waals surface area (Å²) in [6.45, 7) is -0.230. The van der Waals surface area contributed by atoms with Crippen molar-refractivity contribution in [3.8, 4) is 5.75 Å². The third-order valence-corrected chi connectivity index (χ3v) is 6.61. The number of rotatable bonds is 7. The van der Waals surface area contributed by atoms with Gasteiger partial charge in [0, 0.05) is 35.1 Å². The highest BCUT2D eigenvalue weighted by Crippen LogP contribution is 2.34. The number of anilines is 1. The highest BCUT2D eigenvalue weighted by molar-refractivity contribution is 9.10. The van der Waals surface area contributed by atoms with Crippen LogP contribution in [0.5, 0.6) is 5.75 Å². The third kappa shape index (κ3) is 5.39. The van der Waals surface area contributed by atoms with Gasteiger partial charge in [-0.05, 0) is 53.6 Å². The summed E-state index contributed by atoms with van der Waals surface area (Å²) in [6, 6.07) is 20.8. The molecule has 8 heteroatoms. The van der Waals surface area contributed by atoms with Crippen molar-refractivity contribution in [1.82, 2.24) is 5.01 Å².